The van der Waals surface area contributed by atoms with Crippen LogP contribution in [0.5, 0.6) is 0 Å². The van der Waals surface area contributed by atoms with Crippen molar-refractivity contribution in [1.82, 2.24) is 5.32 Å². The second-order valence-electron chi connectivity index (χ2n) is 11.8. The molecule has 0 rings (SSSR count). The van der Waals surface area contributed by atoms with Gasteiger partial charge >= 0.3 is 0 Å². The summed E-state index contributed by atoms with van der Waals surface area (Å²) >= 11 is 0. The molecule has 0 aliphatic carbocycles. The third kappa shape index (κ3) is 26.4. The third-order valence-corrected chi connectivity index (χ3v) is 7.72. The van der Waals surface area contributed by atoms with Crippen LogP contribution in [0.2, 0.25) is 0 Å². The molecule has 0 bridgehead atoms. The molecule has 0 saturated carbocycles. The zero-order chi connectivity index (χ0) is 31.8. The molecule has 0 radical (unpaired) electrons. The zero-order valence-electron chi connectivity index (χ0n) is 27.7. The number of amides is 1. The van der Waals surface area contributed by atoms with E-state index < -0.39 is 36.9 Å². The number of unbranched alkanes of at least 4 members (excludes halogenated alkanes) is 13. The van der Waals surface area contributed by atoms with Crippen molar-refractivity contribution < 1.29 is 25.2 Å². The molecule has 1 amide bonds. The first-order chi connectivity index (χ1) is 21.0. The second kappa shape index (κ2) is 31.7. The molecule has 0 spiro atoms. The van der Waals surface area contributed by atoms with Gasteiger partial charge in [-0.25, -0.2) is 0 Å². The first-order valence-electron chi connectivity index (χ1n) is 17.5. The predicted octanol–water partition coefficient (Wildman–Crippen LogP) is 8.00. The van der Waals surface area contributed by atoms with Crippen LogP contribution in [0.25, 0.3) is 0 Å². The largest absolute Gasteiger partial charge is 0.394 e. The maximum Gasteiger partial charge on any atom is 0.249 e. The number of carbonyl (C=O) groups excluding carboxylic acids is 1. The second-order valence-corrected chi connectivity index (χ2v) is 11.8. The van der Waals surface area contributed by atoms with E-state index in [1.807, 2.05) is 0 Å². The van der Waals surface area contributed by atoms with Gasteiger partial charge in [0.1, 0.15) is 12.2 Å². The minimum Gasteiger partial charge on any atom is -0.394 e. The first kappa shape index (κ1) is 41.3. The molecule has 0 saturated heterocycles. The van der Waals surface area contributed by atoms with Crippen LogP contribution >= 0.6 is 0 Å². The Morgan fingerprint density at radius 2 is 1.00 bits per heavy atom. The third-order valence-electron chi connectivity index (χ3n) is 7.72. The topological polar surface area (TPSA) is 110 Å². The zero-order valence-corrected chi connectivity index (χ0v) is 27.7. The summed E-state index contributed by atoms with van der Waals surface area (Å²) in [6.07, 6.45) is 35.6. The molecule has 0 fully saturated rings. The lowest BCUT2D eigenvalue weighted by molar-refractivity contribution is -0.132. The highest BCUT2D eigenvalue weighted by Crippen LogP contribution is 2.12. The fraction of sp³-hybridized carbons (Fsp3) is 0.757. The minimum atomic E-state index is -1.30. The normalized spacial score (nSPS) is 15.2. The lowest BCUT2D eigenvalue weighted by Gasteiger charge is -2.27. The van der Waals surface area contributed by atoms with Crippen LogP contribution in [0.4, 0.5) is 0 Å². The Morgan fingerprint density at radius 1 is 0.558 bits per heavy atom. The average Bonchev–Trinajstić information content (AvgIpc) is 3.01. The number of nitrogens with one attached hydrogen (secondary N) is 1. The van der Waals surface area contributed by atoms with Gasteiger partial charge in [-0.05, 0) is 83.5 Å². The highest BCUT2D eigenvalue weighted by atomic mass is 16.3. The predicted molar refractivity (Wildman–Crippen MR) is 182 cm³/mol. The van der Waals surface area contributed by atoms with Gasteiger partial charge in [-0.3, -0.25) is 4.79 Å². The molecule has 6 nitrogen and oxygen atoms in total. The van der Waals surface area contributed by atoms with Crippen LogP contribution in [0.3, 0.4) is 0 Å². The van der Waals surface area contributed by atoms with Crippen molar-refractivity contribution in [3.8, 4) is 0 Å². The maximum absolute atomic E-state index is 12.4. The van der Waals surface area contributed by atoms with Crippen LogP contribution in [0.1, 0.15) is 149 Å². The van der Waals surface area contributed by atoms with Crippen LogP contribution in [0.15, 0.2) is 48.6 Å². The number of aliphatic hydroxyl groups excluding tert-OH is 4. The Balaban J connectivity index is 3.99. The molecular weight excluding hydrogens is 538 g/mol. The van der Waals surface area contributed by atoms with Crippen molar-refractivity contribution in [2.45, 2.75) is 173 Å². The number of allylic oxidation sites excluding steroid dienone is 8. The van der Waals surface area contributed by atoms with Crippen molar-refractivity contribution in [3.05, 3.63) is 48.6 Å². The number of aliphatic hydroxyl groups is 4. The molecule has 6 heteroatoms. The standard InChI is InChI=1S/C37H67NO5/c1-3-5-7-9-11-13-15-17-18-19-21-22-24-26-28-30-34(40)36(42)33(32-39)38-37(43)35(41)31-29-27-25-23-20-16-14-12-10-8-6-4-2/h9,11,17-18,20,22-24,33-36,39-42H,3-8,10,12-16,19,21,25-32H2,1-2H3,(H,38,43)/b11-9+,18-17+,23-20-,24-22+. The van der Waals surface area contributed by atoms with Crippen LogP contribution in [-0.2, 0) is 4.79 Å². The van der Waals surface area contributed by atoms with Gasteiger partial charge in [-0.15, -0.1) is 0 Å². The molecule has 0 aromatic carbocycles. The molecule has 4 unspecified atom stereocenters. The number of rotatable bonds is 30. The Labute approximate surface area is 264 Å². The smallest absolute Gasteiger partial charge is 0.249 e. The Kier molecular flexibility index (Phi) is 30.4. The van der Waals surface area contributed by atoms with E-state index >= 15 is 0 Å². The number of hydrogen-bond acceptors (Lipinski definition) is 5. The molecular formula is C37H67NO5. The van der Waals surface area contributed by atoms with Crippen molar-refractivity contribution in [2.75, 3.05) is 6.61 Å². The van der Waals surface area contributed by atoms with Gasteiger partial charge in [0.2, 0.25) is 5.91 Å². The minimum absolute atomic E-state index is 0.326. The average molecular weight is 606 g/mol. The Hall–Kier alpha value is -1.73. The molecule has 0 aromatic heterocycles. The fourth-order valence-corrected chi connectivity index (χ4v) is 4.82. The lowest BCUT2D eigenvalue weighted by atomic mass is 10.00. The van der Waals surface area contributed by atoms with Crippen molar-refractivity contribution in [1.29, 1.82) is 0 Å². The summed E-state index contributed by atoms with van der Waals surface area (Å²) in [5, 5.41) is 43.3. The summed E-state index contributed by atoms with van der Waals surface area (Å²) < 4.78 is 0. The summed E-state index contributed by atoms with van der Waals surface area (Å²) in [6, 6.07) is -1.02. The van der Waals surface area contributed by atoms with Gasteiger partial charge in [0, 0.05) is 0 Å². The summed E-state index contributed by atoms with van der Waals surface area (Å²) in [4.78, 5) is 12.4. The fourth-order valence-electron chi connectivity index (χ4n) is 4.82. The van der Waals surface area contributed by atoms with Gasteiger partial charge in [-0.2, -0.15) is 0 Å². The Bertz CT molecular complexity index is 733. The molecule has 250 valence electrons. The summed E-state index contributed by atoms with van der Waals surface area (Å²) in [6.45, 7) is 3.93. The van der Waals surface area contributed by atoms with E-state index in [-0.39, 0.29) is 0 Å². The molecule has 0 aliphatic heterocycles. The van der Waals surface area contributed by atoms with E-state index in [1.54, 1.807) is 0 Å². The molecule has 5 N–H and O–H groups in total. The van der Waals surface area contributed by atoms with E-state index in [9.17, 15) is 25.2 Å². The van der Waals surface area contributed by atoms with Gasteiger partial charge in [0.15, 0.2) is 0 Å². The van der Waals surface area contributed by atoms with Crippen molar-refractivity contribution in [3.63, 3.8) is 0 Å². The molecule has 0 aliphatic rings. The van der Waals surface area contributed by atoms with Gasteiger partial charge in [-0.1, -0.05) is 114 Å². The first-order valence-corrected chi connectivity index (χ1v) is 17.5. The molecule has 0 aromatic rings. The SMILES string of the molecule is CCCC/C=C/CC/C=C/CC/C=C/CCCC(O)C(O)C(CO)NC(=O)C(O)CCCC/C=C\CCCCCCCC. The number of carbonyl (C=O) groups is 1. The van der Waals surface area contributed by atoms with E-state index in [4.69, 9.17) is 0 Å². The van der Waals surface area contributed by atoms with Crippen LogP contribution in [0, 0.1) is 0 Å². The lowest BCUT2D eigenvalue weighted by Crippen LogP contribution is -2.53. The van der Waals surface area contributed by atoms with Crippen molar-refractivity contribution in [2.24, 2.45) is 0 Å². The molecule has 43 heavy (non-hydrogen) atoms. The van der Waals surface area contributed by atoms with E-state index in [2.05, 4.69) is 67.8 Å². The quantitative estimate of drug-likeness (QED) is 0.0421. The van der Waals surface area contributed by atoms with E-state index in [1.165, 1.54) is 57.8 Å². The highest BCUT2D eigenvalue weighted by molar-refractivity contribution is 5.80. The van der Waals surface area contributed by atoms with E-state index in [0.29, 0.717) is 25.7 Å². The van der Waals surface area contributed by atoms with Crippen LogP contribution < -0.4 is 5.32 Å². The van der Waals surface area contributed by atoms with Gasteiger partial charge in [0.25, 0.3) is 0 Å². The molecule has 0 heterocycles. The summed E-state index contributed by atoms with van der Waals surface area (Å²) in [5.74, 6) is -0.621. The van der Waals surface area contributed by atoms with Gasteiger partial charge < -0.3 is 25.7 Å². The Morgan fingerprint density at radius 3 is 1.53 bits per heavy atom. The summed E-state index contributed by atoms with van der Waals surface area (Å²) in [5.41, 5.74) is 0. The van der Waals surface area contributed by atoms with Crippen LogP contribution in [-0.4, -0.2) is 57.3 Å². The van der Waals surface area contributed by atoms with Gasteiger partial charge in [0.05, 0.1) is 18.8 Å². The number of hydrogen-bond donors (Lipinski definition) is 5. The molecule has 4 atom stereocenters. The monoisotopic (exact) mass is 606 g/mol. The maximum atomic E-state index is 12.4. The van der Waals surface area contributed by atoms with Crippen molar-refractivity contribution >= 4 is 5.91 Å². The van der Waals surface area contributed by atoms with E-state index in [0.717, 1.165) is 51.4 Å². The summed E-state index contributed by atoms with van der Waals surface area (Å²) in [7, 11) is 0. The highest BCUT2D eigenvalue weighted by Gasteiger charge is 2.28.